The van der Waals surface area contributed by atoms with Gasteiger partial charge in [-0.15, -0.1) is 0 Å². The number of para-hydroxylation sites is 1. The highest BCUT2D eigenvalue weighted by Gasteiger charge is 2.18. The second-order valence-corrected chi connectivity index (χ2v) is 4.96. The van der Waals surface area contributed by atoms with Gasteiger partial charge in [0.1, 0.15) is 5.82 Å². The van der Waals surface area contributed by atoms with Crippen molar-refractivity contribution in [3.05, 3.63) is 77.6 Å². The standard InChI is InChI=1S/C18H18FNO2/c1-3-17(22)20(16-10-5-4-8-15(16)12-21)11-14-9-6-7-13(2)18(14)19/h3-10,21H,1,11-12H2,2H3. The summed E-state index contributed by atoms with van der Waals surface area (Å²) in [6.07, 6.45) is 1.18. The smallest absolute Gasteiger partial charge is 0.250 e. The summed E-state index contributed by atoms with van der Waals surface area (Å²) >= 11 is 0. The number of hydrogen-bond donors (Lipinski definition) is 1. The molecule has 0 radical (unpaired) electrons. The van der Waals surface area contributed by atoms with Crippen LogP contribution < -0.4 is 4.90 Å². The van der Waals surface area contributed by atoms with E-state index in [1.54, 1.807) is 49.4 Å². The molecule has 0 saturated carbocycles. The molecule has 0 heterocycles. The minimum atomic E-state index is -0.346. The number of amides is 1. The number of hydrogen-bond acceptors (Lipinski definition) is 2. The maximum Gasteiger partial charge on any atom is 0.250 e. The first kappa shape index (κ1) is 15.9. The maximum atomic E-state index is 14.2. The molecule has 2 aromatic rings. The fourth-order valence-electron chi connectivity index (χ4n) is 2.30. The normalized spacial score (nSPS) is 10.3. The maximum absolute atomic E-state index is 14.2. The van der Waals surface area contributed by atoms with Crippen LogP contribution >= 0.6 is 0 Å². The number of anilines is 1. The number of carbonyl (C=O) groups is 1. The van der Waals surface area contributed by atoms with Crippen molar-refractivity contribution in [3.63, 3.8) is 0 Å². The van der Waals surface area contributed by atoms with E-state index >= 15 is 0 Å². The van der Waals surface area contributed by atoms with Crippen molar-refractivity contribution in [3.8, 4) is 0 Å². The fourth-order valence-corrected chi connectivity index (χ4v) is 2.30. The van der Waals surface area contributed by atoms with Crippen LogP contribution in [-0.2, 0) is 17.9 Å². The highest BCUT2D eigenvalue weighted by Crippen LogP contribution is 2.24. The van der Waals surface area contributed by atoms with Gasteiger partial charge in [0.05, 0.1) is 13.2 Å². The first-order chi connectivity index (χ1) is 10.6. The molecule has 0 aliphatic rings. The lowest BCUT2D eigenvalue weighted by atomic mass is 10.1. The molecule has 0 bridgehead atoms. The van der Waals surface area contributed by atoms with Crippen LogP contribution in [0, 0.1) is 12.7 Å². The van der Waals surface area contributed by atoms with E-state index in [1.165, 1.54) is 11.0 Å². The van der Waals surface area contributed by atoms with E-state index in [2.05, 4.69) is 6.58 Å². The summed E-state index contributed by atoms with van der Waals surface area (Å²) in [4.78, 5) is 13.6. The number of carbonyl (C=O) groups excluding carboxylic acids is 1. The molecular formula is C18H18FNO2. The Balaban J connectivity index is 2.45. The Kier molecular flexibility index (Phi) is 5.07. The van der Waals surface area contributed by atoms with Gasteiger partial charge in [0, 0.05) is 16.8 Å². The molecule has 4 heteroatoms. The molecule has 1 amide bonds. The fraction of sp³-hybridized carbons (Fsp3) is 0.167. The van der Waals surface area contributed by atoms with E-state index < -0.39 is 0 Å². The zero-order valence-corrected chi connectivity index (χ0v) is 12.4. The second-order valence-electron chi connectivity index (χ2n) is 4.96. The van der Waals surface area contributed by atoms with Crippen LogP contribution in [-0.4, -0.2) is 11.0 Å². The molecule has 114 valence electrons. The summed E-state index contributed by atoms with van der Waals surface area (Å²) < 4.78 is 14.2. The van der Waals surface area contributed by atoms with Crippen LogP contribution in [0.15, 0.2) is 55.1 Å². The molecular weight excluding hydrogens is 281 g/mol. The van der Waals surface area contributed by atoms with Gasteiger partial charge in [0.25, 0.3) is 5.91 Å². The molecule has 3 nitrogen and oxygen atoms in total. The third kappa shape index (κ3) is 3.23. The molecule has 22 heavy (non-hydrogen) atoms. The van der Waals surface area contributed by atoms with Crippen molar-refractivity contribution >= 4 is 11.6 Å². The van der Waals surface area contributed by atoms with E-state index in [1.807, 2.05) is 0 Å². The highest BCUT2D eigenvalue weighted by molar-refractivity contribution is 6.01. The molecule has 0 spiro atoms. The summed E-state index contributed by atoms with van der Waals surface area (Å²) in [6.45, 7) is 5.06. The van der Waals surface area contributed by atoms with Crippen LogP contribution in [0.2, 0.25) is 0 Å². The lowest BCUT2D eigenvalue weighted by Crippen LogP contribution is -2.30. The van der Waals surface area contributed by atoms with Crippen molar-refractivity contribution < 1.29 is 14.3 Å². The lowest BCUT2D eigenvalue weighted by molar-refractivity contribution is -0.114. The Labute approximate surface area is 129 Å². The first-order valence-electron chi connectivity index (χ1n) is 6.95. The molecule has 0 aliphatic carbocycles. The molecule has 1 N–H and O–H groups in total. The third-order valence-electron chi connectivity index (χ3n) is 3.49. The summed E-state index contributed by atoms with van der Waals surface area (Å²) in [5.41, 5.74) is 2.10. The largest absolute Gasteiger partial charge is 0.392 e. The van der Waals surface area contributed by atoms with E-state index in [9.17, 15) is 14.3 Å². The number of halogens is 1. The minimum absolute atomic E-state index is 0.0787. The highest BCUT2D eigenvalue weighted by atomic mass is 19.1. The topological polar surface area (TPSA) is 40.5 Å². The Morgan fingerprint density at radius 3 is 2.59 bits per heavy atom. The molecule has 0 fully saturated rings. The van der Waals surface area contributed by atoms with Crippen molar-refractivity contribution in [1.29, 1.82) is 0 Å². The number of benzene rings is 2. The van der Waals surface area contributed by atoms with Gasteiger partial charge >= 0.3 is 0 Å². The van der Waals surface area contributed by atoms with Gasteiger partial charge in [0.15, 0.2) is 0 Å². The quantitative estimate of drug-likeness (QED) is 0.860. The van der Waals surface area contributed by atoms with Crippen LogP contribution in [0.25, 0.3) is 0 Å². The van der Waals surface area contributed by atoms with E-state index in [0.717, 1.165) is 0 Å². The summed E-state index contributed by atoms with van der Waals surface area (Å²) in [6, 6.07) is 12.1. The van der Waals surface area contributed by atoms with Gasteiger partial charge in [-0.05, 0) is 24.6 Å². The van der Waals surface area contributed by atoms with Gasteiger partial charge < -0.3 is 10.0 Å². The third-order valence-corrected chi connectivity index (χ3v) is 3.49. The predicted octanol–water partition coefficient (Wildman–Crippen LogP) is 3.35. The zero-order valence-electron chi connectivity index (χ0n) is 12.4. The molecule has 0 aliphatic heterocycles. The SMILES string of the molecule is C=CC(=O)N(Cc1cccc(C)c1F)c1ccccc1CO. The van der Waals surface area contributed by atoms with Crippen LogP contribution in [0.1, 0.15) is 16.7 Å². The van der Waals surface area contributed by atoms with Crippen molar-refractivity contribution in [2.45, 2.75) is 20.1 Å². The first-order valence-corrected chi connectivity index (χ1v) is 6.95. The molecule has 0 saturated heterocycles. The van der Waals surface area contributed by atoms with E-state index in [0.29, 0.717) is 22.4 Å². The Bertz CT molecular complexity index is 697. The number of rotatable bonds is 5. The van der Waals surface area contributed by atoms with E-state index in [4.69, 9.17) is 0 Å². The van der Waals surface area contributed by atoms with Crippen molar-refractivity contribution in [1.82, 2.24) is 0 Å². The molecule has 2 aromatic carbocycles. The lowest BCUT2D eigenvalue weighted by Gasteiger charge is -2.24. The van der Waals surface area contributed by atoms with Crippen LogP contribution in [0.5, 0.6) is 0 Å². The average molecular weight is 299 g/mol. The summed E-state index contributed by atoms with van der Waals surface area (Å²) in [7, 11) is 0. The Morgan fingerprint density at radius 1 is 1.23 bits per heavy atom. The predicted molar refractivity (Wildman–Crippen MR) is 84.9 cm³/mol. The summed E-state index contributed by atoms with van der Waals surface area (Å²) in [5, 5.41) is 9.45. The average Bonchev–Trinajstić information content (AvgIpc) is 2.55. The number of nitrogens with zero attached hydrogens (tertiary/aromatic N) is 1. The number of aryl methyl sites for hydroxylation is 1. The van der Waals surface area contributed by atoms with Gasteiger partial charge in [-0.2, -0.15) is 0 Å². The summed E-state index contributed by atoms with van der Waals surface area (Å²) in [5.74, 6) is -0.673. The van der Waals surface area contributed by atoms with Crippen molar-refractivity contribution in [2.75, 3.05) is 4.90 Å². The second kappa shape index (κ2) is 7.00. The minimum Gasteiger partial charge on any atom is -0.392 e. The Hall–Kier alpha value is -2.46. The zero-order chi connectivity index (χ0) is 16.1. The van der Waals surface area contributed by atoms with Crippen LogP contribution in [0.4, 0.5) is 10.1 Å². The molecule has 2 rings (SSSR count). The van der Waals surface area contributed by atoms with Gasteiger partial charge in [-0.25, -0.2) is 4.39 Å². The Morgan fingerprint density at radius 2 is 1.91 bits per heavy atom. The molecule has 0 atom stereocenters. The monoisotopic (exact) mass is 299 g/mol. The van der Waals surface area contributed by atoms with Gasteiger partial charge in [-0.3, -0.25) is 4.79 Å². The van der Waals surface area contributed by atoms with Gasteiger partial charge in [0.2, 0.25) is 0 Å². The van der Waals surface area contributed by atoms with Crippen molar-refractivity contribution in [2.24, 2.45) is 0 Å². The van der Waals surface area contributed by atoms with Crippen LogP contribution in [0.3, 0.4) is 0 Å². The molecule has 0 unspecified atom stereocenters. The number of aliphatic hydroxyl groups excluding tert-OH is 1. The molecule has 0 aromatic heterocycles. The van der Waals surface area contributed by atoms with E-state index in [-0.39, 0.29) is 24.9 Å². The van der Waals surface area contributed by atoms with Gasteiger partial charge in [-0.1, -0.05) is 43.0 Å². The number of aliphatic hydroxyl groups is 1.